The number of carboxylic acid groups (broad SMARTS) is 3. The molecule has 7 heteroatoms. The Hall–Kier alpha value is -2.15. The third kappa shape index (κ3) is 4.70. The number of hydrogen-bond donors (Lipinski definition) is 4. The SMILES string of the molecule is CC(/C=C/C[C@@H](C)C(=O)O)=C1\CN[C@H](C(=O)O)[C@H]1CC(=O)O. The Labute approximate surface area is 128 Å². The first-order valence-corrected chi connectivity index (χ1v) is 7.01. The van der Waals surface area contributed by atoms with Crippen molar-refractivity contribution in [3.8, 4) is 0 Å². The fraction of sp³-hybridized carbons (Fsp3) is 0.533. The van der Waals surface area contributed by atoms with Gasteiger partial charge in [-0.3, -0.25) is 14.4 Å². The minimum atomic E-state index is -1.07. The van der Waals surface area contributed by atoms with E-state index in [1.54, 1.807) is 26.0 Å². The van der Waals surface area contributed by atoms with Crippen LogP contribution < -0.4 is 5.32 Å². The largest absolute Gasteiger partial charge is 0.481 e. The van der Waals surface area contributed by atoms with Crippen molar-refractivity contribution in [1.29, 1.82) is 0 Å². The van der Waals surface area contributed by atoms with E-state index in [1.165, 1.54) is 0 Å². The van der Waals surface area contributed by atoms with E-state index in [0.29, 0.717) is 13.0 Å². The molecule has 4 N–H and O–H groups in total. The van der Waals surface area contributed by atoms with E-state index in [-0.39, 0.29) is 6.42 Å². The highest BCUT2D eigenvalue weighted by atomic mass is 16.4. The van der Waals surface area contributed by atoms with Crippen LogP contribution in [0.4, 0.5) is 0 Å². The Bertz CT molecular complexity index is 522. The van der Waals surface area contributed by atoms with Crippen LogP contribution in [0.3, 0.4) is 0 Å². The van der Waals surface area contributed by atoms with E-state index in [4.69, 9.17) is 15.3 Å². The standard InChI is InChI=1S/C15H21NO6/c1-8(4-3-5-9(2)14(19)20)11-7-16-13(15(21)22)10(11)6-12(17)18/h3-4,9-10,13,16H,5-7H2,1-2H3,(H,17,18)(H,19,20)(H,21,22)/b4-3+,11-8-/t9-,10+,13+/m1/s1. The first-order chi connectivity index (χ1) is 10.2. The monoisotopic (exact) mass is 311 g/mol. The summed E-state index contributed by atoms with van der Waals surface area (Å²) in [7, 11) is 0. The minimum absolute atomic E-state index is 0.254. The average molecular weight is 311 g/mol. The molecule has 0 aliphatic carbocycles. The molecule has 22 heavy (non-hydrogen) atoms. The molecule has 0 radical (unpaired) electrons. The minimum Gasteiger partial charge on any atom is -0.481 e. The maximum Gasteiger partial charge on any atom is 0.321 e. The molecule has 1 rings (SSSR count). The van der Waals surface area contributed by atoms with Crippen molar-refractivity contribution in [2.24, 2.45) is 11.8 Å². The summed E-state index contributed by atoms with van der Waals surface area (Å²) < 4.78 is 0. The predicted octanol–water partition coefficient (Wildman–Crippen LogP) is 1.12. The molecule has 122 valence electrons. The fourth-order valence-electron chi connectivity index (χ4n) is 2.47. The number of allylic oxidation sites excluding steroid dienone is 3. The topological polar surface area (TPSA) is 124 Å². The normalized spacial score (nSPS) is 25.2. The van der Waals surface area contributed by atoms with Gasteiger partial charge in [0.15, 0.2) is 0 Å². The molecular formula is C15H21NO6. The first kappa shape index (κ1) is 17.9. The number of rotatable bonds is 7. The summed E-state index contributed by atoms with van der Waals surface area (Å²) in [5.74, 6) is -4.10. The van der Waals surface area contributed by atoms with Gasteiger partial charge >= 0.3 is 17.9 Å². The Balaban J connectivity index is 2.89. The highest BCUT2D eigenvalue weighted by molar-refractivity contribution is 5.78. The average Bonchev–Trinajstić information content (AvgIpc) is 2.81. The Morgan fingerprint density at radius 3 is 2.45 bits per heavy atom. The van der Waals surface area contributed by atoms with Gasteiger partial charge in [-0.05, 0) is 18.9 Å². The zero-order chi connectivity index (χ0) is 16.9. The van der Waals surface area contributed by atoms with Crippen LogP contribution in [0.1, 0.15) is 26.7 Å². The van der Waals surface area contributed by atoms with Crippen molar-refractivity contribution < 1.29 is 29.7 Å². The summed E-state index contributed by atoms with van der Waals surface area (Å²) in [6.07, 6.45) is 3.55. The summed E-state index contributed by atoms with van der Waals surface area (Å²) >= 11 is 0. The molecule has 0 amide bonds. The van der Waals surface area contributed by atoms with Crippen LogP contribution in [0.25, 0.3) is 0 Å². The summed E-state index contributed by atoms with van der Waals surface area (Å²) in [5, 5.41) is 29.7. The van der Waals surface area contributed by atoms with Gasteiger partial charge in [-0.2, -0.15) is 0 Å². The lowest BCUT2D eigenvalue weighted by Gasteiger charge is -2.15. The van der Waals surface area contributed by atoms with Crippen LogP contribution in [-0.4, -0.2) is 45.8 Å². The number of carbonyl (C=O) groups is 3. The number of carboxylic acids is 3. The van der Waals surface area contributed by atoms with Crippen molar-refractivity contribution >= 4 is 17.9 Å². The van der Waals surface area contributed by atoms with Gasteiger partial charge in [0.1, 0.15) is 6.04 Å². The molecule has 0 aromatic carbocycles. The number of hydrogen-bond acceptors (Lipinski definition) is 4. The summed E-state index contributed by atoms with van der Waals surface area (Å²) in [4.78, 5) is 32.9. The summed E-state index contributed by atoms with van der Waals surface area (Å²) in [6.45, 7) is 3.69. The molecule has 0 saturated carbocycles. The van der Waals surface area contributed by atoms with E-state index in [1.807, 2.05) is 0 Å². The van der Waals surface area contributed by atoms with Gasteiger partial charge < -0.3 is 20.6 Å². The third-order valence-corrected chi connectivity index (χ3v) is 3.81. The molecule has 0 aromatic heterocycles. The van der Waals surface area contributed by atoms with E-state index in [2.05, 4.69) is 5.32 Å². The van der Waals surface area contributed by atoms with Crippen LogP contribution in [0, 0.1) is 11.8 Å². The van der Waals surface area contributed by atoms with Gasteiger partial charge in [0.2, 0.25) is 0 Å². The number of aliphatic carboxylic acids is 3. The van der Waals surface area contributed by atoms with Crippen LogP contribution >= 0.6 is 0 Å². The molecule has 1 saturated heterocycles. The quantitative estimate of drug-likeness (QED) is 0.555. The Morgan fingerprint density at radius 2 is 1.95 bits per heavy atom. The lowest BCUT2D eigenvalue weighted by molar-refractivity contribution is -0.142. The molecule has 0 spiro atoms. The van der Waals surface area contributed by atoms with Gasteiger partial charge in [0.05, 0.1) is 12.3 Å². The maximum absolute atomic E-state index is 11.2. The smallest absolute Gasteiger partial charge is 0.321 e. The van der Waals surface area contributed by atoms with Gasteiger partial charge in [-0.15, -0.1) is 0 Å². The van der Waals surface area contributed by atoms with Gasteiger partial charge in [-0.25, -0.2) is 0 Å². The molecule has 1 heterocycles. The molecule has 1 aliphatic heterocycles. The van der Waals surface area contributed by atoms with Crippen molar-refractivity contribution in [1.82, 2.24) is 5.32 Å². The molecular weight excluding hydrogens is 290 g/mol. The van der Waals surface area contributed by atoms with Crippen LogP contribution in [0.15, 0.2) is 23.3 Å². The van der Waals surface area contributed by atoms with Crippen LogP contribution in [-0.2, 0) is 14.4 Å². The zero-order valence-electron chi connectivity index (χ0n) is 12.6. The zero-order valence-corrected chi connectivity index (χ0v) is 12.6. The van der Waals surface area contributed by atoms with Crippen molar-refractivity contribution in [3.63, 3.8) is 0 Å². The predicted molar refractivity (Wildman–Crippen MR) is 78.4 cm³/mol. The molecule has 1 aliphatic rings. The van der Waals surface area contributed by atoms with E-state index < -0.39 is 35.8 Å². The molecule has 0 unspecified atom stereocenters. The maximum atomic E-state index is 11.2. The molecule has 1 fully saturated rings. The summed E-state index contributed by atoms with van der Waals surface area (Å²) in [5.41, 5.74) is 1.52. The Morgan fingerprint density at radius 1 is 1.32 bits per heavy atom. The van der Waals surface area contributed by atoms with Crippen molar-refractivity contribution in [3.05, 3.63) is 23.3 Å². The highest BCUT2D eigenvalue weighted by Gasteiger charge is 2.38. The fourth-order valence-corrected chi connectivity index (χ4v) is 2.47. The van der Waals surface area contributed by atoms with Gasteiger partial charge in [0, 0.05) is 12.5 Å². The lowest BCUT2D eigenvalue weighted by Crippen LogP contribution is -2.36. The van der Waals surface area contributed by atoms with E-state index in [9.17, 15) is 14.4 Å². The van der Waals surface area contributed by atoms with E-state index in [0.717, 1.165) is 11.1 Å². The summed E-state index contributed by atoms with van der Waals surface area (Å²) in [6, 6.07) is -0.910. The van der Waals surface area contributed by atoms with E-state index >= 15 is 0 Å². The van der Waals surface area contributed by atoms with Crippen molar-refractivity contribution in [2.45, 2.75) is 32.7 Å². The third-order valence-electron chi connectivity index (χ3n) is 3.81. The van der Waals surface area contributed by atoms with Crippen molar-refractivity contribution in [2.75, 3.05) is 6.54 Å². The second-order valence-electron chi connectivity index (χ2n) is 5.49. The highest BCUT2D eigenvalue weighted by Crippen LogP contribution is 2.28. The Kier molecular flexibility index (Phi) is 6.30. The van der Waals surface area contributed by atoms with Gasteiger partial charge in [0.25, 0.3) is 0 Å². The number of nitrogens with one attached hydrogen (secondary N) is 1. The second kappa shape index (κ2) is 7.74. The molecule has 0 bridgehead atoms. The molecule has 7 nitrogen and oxygen atoms in total. The molecule has 3 atom stereocenters. The van der Waals surface area contributed by atoms with Crippen LogP contribution in [0.2, 0.25) is 0 Å². The molecule has 0 aromatic rings. The lowest BCUT2D eigenvalue weighted by atomic mass is 9.89. The second-order valence-corrected chi connectivity index (χ2v) is 5.49. The van der Waals surface area contributed by atoms with Gasteiger partial charge in [-0.1, -0.05) is 24.6 Å². The van der Waals surface area contributed by atoms with Crippen LogP contribution in [0.5, 0.6) is 0 Å². The first-order valence-electron chi connectivity index (χ1n) is 7.01.